The number of carbonyl (C=O) groups is 1. The standard InChI is InChI=1S/C16H20N4O3S2/c1-25(22,23)20-9-7-19(8-10-20)15(21)11-14-12-24-16(18-14)17-13-5-3-2-4-6-13/h2-6,12H,7-11H2,1H3,(H,17,18). The number of sulfonamides is 1. The first-order chi connectivity index (χ1) is 11.9. The molecule has 0 spiro atoms. The maximum Gasteiger partial charge on any atom is 0.228 e. The van der Waals surface area contributed by atoms with Gasteiger partial charge in [-0.15, -0.1) is 11.3 Å². The van der Waals surface area contributed by atoms with Crippen molar-refractivity contribution in [1.82, 2.24) is 14.2 Å². The van der Waals surface area contributed by atoms with Crippen LogP contribution in [-0.4, -0.2) is 60.9 Å². The van der Waals surface area contributed by atoms with Crippen molar-refractivity contribution in [2.24, 2.45) is 0 Å². The molecule has 9 heteroatoms. The lowest BCUT2D eigenvalue weighted by molar-refractivity contribution is -0.131. The van der Waals surface area contributed by atoms with Gasteiger partial charge in [0.15, 0.2) is 5.13 Å². The van der Waals surface area contributed by atoms with Crippen LogP contribution in [-0.2, 0) is 21.2 Å². The molecule has 0 aliphatic carbocycles. The van der Waals surface area contributed by atoms with Crippen LogP contribution >= 0.6 is 11.3 Å². The molecule has 0 unspecified atom stereocenters. The Balaban J connectivity index is 1.54. The van der Waals surface area contributed by atoms with E-state index in [0.717, 1.165) is 16.5 Å². The van der Waals surface area contributed by atoms with E-state index in [0.29, 0.717) is 26.2 Å². The number of aromatic nitrogens is 1. The molecule has 0 bridgehead atoms. The second-order valence-corrected chi connectivity index (χ2v) is 8.70. The predicted octanol–water partition coefficient (Wildman–Crippen LogP) is 1.53. The lowest BCUT2D eigenvalue weighted by Crippen LogP contribution is -2.50. The third kappa shape index (κ3) is 4.77. The number of piperazine rings is 1. The normalized spacial score (nSPS) is 16.0. The van der Waals surface area contributed by atoms with Gasteiger partial charge in [0.2, 0.25) is 15.9 Å². The summed E-state index contributed by atoms with van der Waals surface area (Å²) in [6, 6.07) is 9.73. The van der Waals surface area contributed by atoms with Gasteiger partial charge in [-0.25, -0.2) is 13.4 Å². The molecule has 0 atom stereocenters. The molecule has 7 nitrogen and oxygen atoms in total. The van der Waals surface area contributed by atoms with E-state index in [9.17, 15) is 13.2 Å². The van der Waals surface area contributed by atoms with E-state index in [4.69, 9.17) is 0 Å². The summed E-state index contributed by atoms with van der Waals surface area (Å²) >= 11 is 1.46. The third-order valence-electron chi connectivity index (χ3n) is 3.97. The van der Waals surface area contributed by atoms with Gasteiger partial charge in [0.1, 0.15) is 0 Å². The number of rotatable bonds is 5. The van der Waals surface area contributed by atoms with Crippen LogP contribution in [0.5, 0.6) is 0 Å². The zero-order valence-corrected chi connectivity index (χ0v) is 15.5. The molecule has 1 aromatic heterocycles. The van der Waals surface area contributed by atoms with E-state index < -0.39 is 10.0 Å². The molecule has 2 heterocycles. The molecule has 25 heavy (non-hydrogen) atoms. The Morgan fingerprint density at radius 1 is 1.20 bits per heavy atom. The van der Waals surface area contributed by atoms with E-state index in [1.165, 1.54) is 21.9 Å². The van der Waals surface area contributed by atoms with Crippen LogP contribution in [0.1, 0.15) is 5.69 Å². The van der Waals surface area contributed by atoms with Crippen molar-refractivity contribution in [3.05, 3.63) is 41.4 Å². The van der Waals surface area contributed by atoms with Crippen molar-refractivity contribution in [3.8, 4) is 0 Å². The highest BCUT2D eigenvalue weighted by atomic mass is 32.2. The largest absolute Gasteiger partial charge is 0.340 e. The van der Waals surface area contributed by atoms with Gasteiger partial charge in [-0.3, -0.25) is 4.79 Å². The minimum Gasteiger partial charge on any atom is -0.340 e. The lowest BCUT2D eigenvalue weighted by atomic mass is 10.2. The molecule has 2 aromatic rings. The summed E-state index contributed by atoms with van der Waals surface area (Å²) in [4.78, 5) is 18.5. The van der Waals surface area contributed by atoms with Crippen molar-refractivity contribution in [2.45, 2.75) is 6.42 Å². The molecule has 1 fully saturated rings. The molecule has 0 radical (unpaired) electrons. The molecular weight excluding hydrogens is 360 g/mol. The molecule has 3 rings (SSSR count). The molecule has 1 aliphatic heterocycles. The Morgan fingerprint density at radius 3 is 2.52 bits per heavy atom. The summed E-state index contributed by atoms with van der Waals surface area (Å²) in [5.41, 5.74) is 1.67. The lowest BCUT2D eigenvalue weighted by Gasteiger charge is -2.33. The van der Waals surface area contributed by atoms with Crippen LogP contribution in [0.25, 0.3) is 0 Å². The van der Waals surface area contributed by atoms with Crippen LogP contribution < -0.4 is 5.32 Å². The zero-order valence-electron chi connectivity index (χ0n) is 13.9. The Bertz CT molecular complexity index is 828. The van der Waals surface area contributed by atoms with Gasteiger partial charge >= 0.3 is 0 Å². The van der Waals surface area contributed by atoms with Crippen LogP contribution in [0.3, 0.4) is 0 Å². The first-order valence-corrected chi connectivity index (χ1v) is 10.6. The molecule has 134 valence electrons. The van der Waals surface area contributed by atoms with Gasteiger partial charge in [-0.05, 0) is 12.1 Å². The van der Waals surface area contributed by atoms with E-state index in [1.54, 1.807) is 4.90 Å². The van der Waals surface area contributed by atoms with E-state index in [-0.39, 0.29) is 12.3 Å². The first kappa shape index (κ1) is 17.8. The van der Waals surface area contributed by atoms with Crippen LogP contribution in [0.15, 0.2) is 35.7 Å². The predicted molar refractivity (Wildman–Crippen MR) is 98.5 cm³/mol. The fourth-order valence-corrected chi connectivity index (χ4v) is 4.18. The van der Waals surface area contributed by atoms with Gasteiger partial charge in [0.25, 0.3) is 0 Å². The SMILES string of the molecule is CS(=O)(=O)N1CCN(C(=O)Cc2csc(Nc3ccccc3)n2)CC1. The fraction of sp³-hybridized carbons (Fsp3) is 0.375. The maximum absolute atomic E-state index is 12.4. The molecule has 1 aromatic carbocycles. The van der Waals surface area contributed by atoms with Crippen molar-refractivity contribution in [3.63, 3.8) is 0 Å². The molecule has 1 amide bonds. The van der Waals surface area contributed by atoms with Gasteiger partial charge in [0.05, 0.1) is 18.4 Å². The third-order valence-corrected chi connectivity index (χ3v) is 6.08. The van der Waals surface area contributed by atoms with Crippen molar-refractivity contribution in [1.29, 1.82) is 0 Å². The summed E-state index contributed by atoms with van der Waals surface area (Å²) in [5, 5.41) is 5.83. The second-order valence-electron chi connectivity index (χ2n) is 5.85. The monoisotopic (exact) mass is 380 g/mol. The highest BCUT2D eigenvalue weighted by Crippen LogP contribution is 2.21. The number of benzene rings is 1. The first-order valence-electron chi connectivity index (χ1n) is 7.91. The molecule has 1 N–H and O–H groups in total. The molecule has 1 saturated heterocycles. The van der Waals surface area contributed by atoms with Crippen LogP contribution in [0.4, 0.5) is 10.8 Å². The van der Waals surface area contributed by atoms with Crippen molar-refractivity contribution in [2.75, 3.05) is 37.8 Å². The smallest absolute Gasteiger partial charge is 0.228 e. The fourth-order valence-electron chi connectivity index (χ4n) is 2.63. The number of carbonyl (C=O) groups excluding carboxylic acids is 1. The number of hydrogen-bond donors (Lipinski definition) is 1. The summed E-state index contributed by atoms with van der Waals surface area (Å²) in [7, 11) is -3.18. The Kier molecular flexibility index (Phi) is 5.36. The maximum atomic E-state index is 12.4. The Labute approximate surface area is 151 Å². The zero-order chi connectivity index (χ0) is 17.9. The van der Waals surface area contributed by atoms with Gasteiger partial charge in [0, 0.05) is 37.2 Å². The van der Waals surface area contributed by atoms with Gasteiger partial charge in [-0.1, -0.05) is 18.2 Å². The average molecular weight is 380 g/mol. The summed E-state index contributed by atoms with van der Waals surface area (Å²) in [6.45, 7) is 1.54. The number of amides is 1. The Morgan fingerprint density at radius 2 is 1.88 bits per heavy atom. The van der Waals surface area contributed by atoms with Crippen molar-refractivity contribution < 1.29 is 13.2 Å². The van der Waals surface area contributed by atoms with Crippen molar-refractivity contribution >= 4 is 38.1 Å². The number of nitrogens with one attached hydrogen (secondary N) is 1. The van der Waals surface area contributed by atoms with E-state index >= 15 is 0 Å². The van der Waals surface area contributed by atoms with E-state index in [1.807, 2.05) is 35.7 Å². The number of thiazole rings is 1. The van der Waals surface area contributed by atoms with E-state index in [2.05, 4.69) is 10.3 Å². The van der Waals surface area contributed by atoms with Gasteiger partial charge < -0.3 is 10.2 Å². The second kappa shape index (κ2) is 7.51. The topological polar surface area (TPSA) is 82.6 Å². The summed E-state index contributed by atoms with van der Waals surface area (Å²) in [6.07, 6.45) is 1.42. The molecular formula is C16H20N4O3S2. The minimum atomic E-state index is -3.18. The number of para-hydroxylation sites is 1. The number of anilines is 2. The van der Waals surface area contributed by atoms with Crippen LogP contribution in [0, 0.1) is 0 Å². The quantitative estimate of drug-likeness (QED) is 0.851. The molecule has 1 aliphatic rings. The summed E-state index contributed by atoms with van der Waals surface area (Å²) < 4.78 is 24.4. The van der Waals surface area contributed by atoms with Crippen LogP contribution in [0.2, 0.25) is 0 Å². The molecule has 0 saturated carbocycles. The summed E-state index contributed by atoms with van der Waals surface area (Å²) in [5.74, 6) is -0.0234. The minimum absolute atomic E-state index is 0.0234. The average Bonchev–Trinajstić information content (AvgIpc) is 3.02. The number of nitrogens with zero attached hydrogens (tertiary/aromatic N) is 3. The number of hydrogen-bond acceptors (Lipinski definition) is 6. The Hall–Kier alpha value is -1.97. The van der Waals surface area contributed by atoms with Gasteiger partial charge in [-0.2, -0.15) is 4.31 Å². The highest BCUT2D eigenvalue weighted by Gasteiger charge is 2.26. The highest BCUT2D eigenvalue weighted by molar-refractivity contribution is 7.88.